The zero-order chi connectivity index (χ0) is 15.6. The Kier molecular flexibility index (Phi) is 4.63. The van der Waals surface area contributed by atoms with Gasteiger partial charge in [0.25, 0.3) is 0 Å². The standard InChI is InChI=1S/C16H22FN3O/c1-5-12(18)9-13-11(3)19-20(4)16(13)21-14-8-6-7-10(2)15(14)17/h6-8,12H,5,9,18H2,1-4H3. The lowest BCUT2D eigenvalue weighted by Crippen LogP contribution is -2.21. The van der Waals surface area contributed by atoms with Crippen LogP contribution in [0.2, 0.25) is 0 Å². The van der Waals surface area contributed by atoms with Crippen molar-refractivity contribution < 1.29 is 9.13 Å². The Morgan fingerprint density at radius 1 is 1.38 bits per heavy atom. The molecule has 0 aliphatic rings. The second-order valence-electron chi connectivity index (χ2n) is 5.35. The number of nitrogens with two attached hydrogens (primary N) is 1. The molecule has 0 aliphatic heterocycles. The molecule has 2 N–H and O–H groups in total. The van der Waals surface area contributed by atoms with Gasteiger partial charge < -0.3 is 10.5 Å². The Hall–Kier alpha value is -1.88. The van der Waals surface area contributed by atoms with Crippen molar-refractivity contribution in [2.24, 2.45) is 12.8 Å². The van der Waals surface area contributed by atoms with E-state index in [0.29, 0.717) is 17.9 Å². The minimum Gasteiger partial charge on any atom is -0.436 e. The quantitative estimate of drug-likeness (QED) is 0.920. The molecule has 4 nitrogen and oxygen atoms in total. The monoisotopic (exact) mass is 291 g/mol. The van der Waals surface area contributed by atoms with Crippen LogP contribution in [0.3, 0.4) is 0 Å². The lowest BCUT2D eigenvalue weighted by atomic mass is 10.1. The van der Waals surface area contributed by atoms with Gasteiger partial charge in [0.15, 0.2) is 11.6 Å². The van der Waals surface area contributed by atoms with E-state index in [1.54, 1.807) is 36.9 Å². The number of hydrogen-bond donors (Lipinski definition) is 1. The van der Waals surface area contributed by atoms with Crippen LogP contribution < -0.4 is 10.5 Å². The van der Waals surface area contributed by atoms with Gasteiger partial charge in [0.2, 0.25) is 5.88 Å². The third-order valence-electron chi connectivity index (χ3n) is 3.64. The molecule has 1 aromatic heterocycles. The van der Waals surface area contributed by atoms with Crippen molar-refractivity contribution in [2.45, 2.75) is 39.7 Å². The maximum Gasteiger partial charge on any atom is 0.221 e. The Bertz CT molecular complexity index is 637. The van der Waals surface area contributed by atoms with Crippen LogP contribution in [0.4, 0.5) is 4.39 Å². The summed E-state index contributed by atoms with van der Waals surface area (Å²) >= 11 is 0. The Morgan fingerprint density at radius 3 is 2.76 bits per heavy atom. The molecule has 0 spiro atoms. The van der Waals surface area contributed by atoms with E-state index >= 15 is 0 Å². The molecule has 1 atom stereocenters. The Morgan fingerprint density at radius 2 is 2.10 bits per heavy atom. The first-order valence-electron chi connectivity index (χ1n) is 7.15. The van der Waals surface area contributed by atoms with Gasteiger partial charge in [0.05, 0.1) is 5.69 Å². The second kappa shape index (κ2) is 6.26. The van der Waals surface area contributed by atoms with E-state index in [1.165, 1.54) is 0 Å². The van der Waals surface area contributed by atoms with Crippen LogP contribution in [-0.2, 0) is 13.5 Å². The molecule has 0 amide bonds. The van der Waals surface area contributed by atoms with Crippen LogP contribution in [0.15, 0.2) is 18.2 Å². The van der Waals surface area contributed by atoms with Crippen LogP contribution in [0, 0.1) is 19.7 Å². The van der Waals surface area contributed by atoms with Crippen LogP contribution >= 0.6 is 0 Å². The SMILES string of the molecule is CCC(N)Cc1c(C)nn(C)c1Oc1cccc(C)c1F. The van der Waals surface area contributed by atoms with Crippen molar-refractivity contribution in [1.82, 2.24) is 9.78 Å². The lowest BCUT2D eigenvalue weighted by Gasteiger charge is -2.13. The average Bonchev–Trinajstić information content (AvgIpc) is 2.70. The Balaban J connectivity index is 2.37. The first-order chi connectivity index (χ1) is 9.93. The van der Waals surface area contributed by atoms with Gasteiger partial charge in [-0.05, 0) is 38.3 Å². The van der Waals surface area contributed by atoms with Crippen molar-refractivity contribution in [3.63, 3.8) is 0 Å². The summed E-state index contributed by atoms with van der Waals surface area (Å²) < 4.78 is 21.5. The molecule has 2 aromatic rings. The maximum atomic E-state index is 14.1. The van der Waals surface area contributed by atoms with Gasteiger partial charge in [-0.25, -0.2) is 9.07 Å². The van der Waals surface area contributed by atoms with Crippen LogP contribution in [0.5, 0.6) is 11.6 Å². The summed E-state index contributed by atoms with van der Waals surface area (Å²) in [4.78, 5) is 0. The van der Waals surface area contributed by atoms with Crippen LogP contribution in [0.25, 0.3) is 0 Å². The minimum atomic E-state index is -0.345. The van der Waals surface area contributed by atoms with Crippen molar-refractivity contribution in [2.75, 3.05) is 0 Å². The predicted octanol–water partition coefficient (Wildman–Crippen LogP) is 3.25. The number of nitrogens with zero attached hydrogens (tertiary/aromatic N) is 2. The first kappa shape index (κ1) is 15.5. The average molecular weight is 291 g/mol. The fourth-order valence-corrected chi connectivity index (χ4v) is 2.25. The normalized spacial score (nSPS) is 12.5. The second-order valence-corrected chi connectivity index (χ2v) is 5.35. The molecule has 0 fully saturated rings. The fraction of sp³-hybridized carbons (Fsp3) is 0.438. The molecule has 5 heteroatoms. The van der Waals surface area contributed by atoms with Gasteiger partial charge in [-0.3, -0.25) is 0 Å². The van der Waals surface area contributed by atoms with Crippen molar-refractivity contribution in [3.05, 3.63) is 40.8 Å². The number of rotatable bonds is 5. The molecule has 0 radical (unpaired) electrons. The van der Waals surface area contributed by atoms with Gasteiger partial charge in [0.1, 0.15) is 0 Å². The lowest BCUT2D eigenvalue weighted by molar-refractivity contribution is 0.397. The highest BCUT2D eigenvalue weighted by Gasteiger charge is 2.19. The Labute approximate surface area is 124 Å². The van der Waals surface area contributed by atoms with Crippen LogP contribution in [0.1, 0.15) is 30.2 Å². The summed E-state index contributed by atoms with van der Waals surface area (Å²) in [7, 11) is 1.79. The predicted molar refractivity (Wildman–Crippen MR) is 81.1 cm³/mol. The number of aromatic nitrogens is 2. The third-order valence-corrected chi connectivity index (χ3v) is 3.64. The molecule has 0 saturated carbocycles. The molecule has 21 heavy (non-hydrogen) atoms. The number of hydrogen-bond acceptors (Lipinski definition) is 3. The molecular formula is C16H22FN3O. The number of ether oxygens (including phenoxy) is 1. The zero-order valence-corrected chi connectivity index (χ0v) is 13.0. The van der Waals surface area contributed by atoms with E-state index in [4.69, 9.17) is 10.5 Å². The van der Waals surface area contributed by atoms with Crippen molar-refractivity contribution in [1.29, 1.82) is 0 Å². The van der Waals surface area contributed by atoms with Gasteiger partial charge >= 0.3 is 0 Å². The van der Waals surface area contributed by atoms with Crippen LogP contribution in [-0.4, -0.2) is 15.8 Å². The largest absolute Gasteiger partial charge is 0.436 e. The van der Waals surface area contributed by atoms with E-state index in [0.717, 1.165) is 17.7 Å². The van der Waals surface area contributed by atoms with E-state index < -0.39 is 0 Å². The fourth-order valence-electron chi connectivity index (χ4n) is 2.25. The van der Waals surface area contributed by atoms with Crippen molar-refractivity contribution in [3.8, 4) is 11.6 Å². The van der Waals surface area contributed by atoms with E-state index in [1.807, 2.05) is 13.8 Å². The molecule has 2 rings (SSSR count). The van der Waals surface area contributed by atoms with Gasteiger partial charge in [0, 0.05) is 18.7 Å². The molecule has 1 heterocycles. The van der Waals surface area contributed by atoms with Gasteiger partial charge in [-0.1, -0.05) is 19.1 Å². The first-order valence-corrected chi connectivity index (χ1v) is 7.15. The minimum absolute atomic E-state index is 0.0395. The smallest absolute Gasteiger partial charge is 0.221 e. The van der Waals surface area contributed by atoms with Crippen molar-refractivity contribution >= 4 is 0 Å². The van der Waals surface area contributed by atoms with Gasteiger partial charge in [-0.15, -0.1) is 0 Å². The summed E-state index contributed by atoms with van der Waals surface area (Å²) in [5.41, 5.74) is 8.39. The topological polar surface area (TPSA) is 53.1 Å². The number of aryl methyl sites for hydroxylation is 3. The van der Waals surface area contributed by atoms with Gasteiger partial charge in [-0.2, -0.15) is 5.10 Å². The zero-order valence-electron chi connectivity index (χ0n) is 13.0. The highest BCUT2D eigenvalue weighted by molar-refractivity contribution is 5.38. The molecule has 1 unspecified atom stereocenters. The summed E-state index contributed by atoms with van der Waals surface area (Å²) in [6.07, 6.45) is 1.53. The highest BCUT2D eigenvalue weighted by Crippen LogP contribution is 2.30. The molecule has 0 aliphatic carbocycles. The third kappa shape index (κ3) is 3.24. The van der Waals surface area contributed by atoms with E-state index in [9.17, 15) is 4.39 Å². The summed E-state index contributed by atoms with van der Waals surface area (Å²) in [5, 5.41) is 4.36. The summed E-state index contributed by atoms with van der Waals surface area (Å²) in [6, 6.07) is 5.14. The maximum absolute atomic E-state index is 14.1. The molecule has 0 bridgehead atoms. The van der Waals surface area contributed by atoms with E-state index in [-0.39, 0.29) is 17.6 Å². The molecule has 114 valence electrons. The highest BCUT2D eigenvalue weighted by atomic mass is 19.1. The molecule has 0 saturated heterocycles. The molecular weight excluding hydrogens is 269 g/mol. The summed E-state index contributed by atoms with van der Waals surface area (Å²) in [5.74, 6) is 0.423. The molecule has 1 aromatic carbocycles. The number of halogens is 1. The summed E-state index contributed by atoms with van der Waals surface area (Å²) in [6.45, 7) is 5.67. The van der Waals surface area contributed by atoms with E-state index in [2.05, 4.69) is 5.10 Å². The number of benzene rings is 1.